The van der Waals surface area contributed by atoms with E-state index in [-0.39, 0.29) is 16.5 Å². The Balaban J connectivity index is 3.39. The van der Waals surface area contributed by atoms with Crippen LogP contribution < -0.4 is 0 Å². The van der Waals surface area contributed by atoms with E-state index in [0.29, 0.717) is 12.1 Å². The molecule has 13 heavy (non-hydrogen) atoms. The fourth-order valence-electron chi connectivity index (χ4n) is 0.831. The van der Waals surface area contributed by atoms with E-state index < -0.39 is 0 Å². The maximum absolute atomic E-state index is 8.61. The van der Waals surface area contributed by atoms with Gasteiger partial charge in [-0.05, 0) is 6.42 Å². The van der Waals surface area contributed by atoms with E-state index in [9.17, 15) is 0 Å². The molecule has 0 fully saturated rings. The number of hydrogen-bond donors (Lipinski definition) is 0. The van der Waals surface area contributed by atoms with Crippen LogP contribution in [0, 0.1) is 22.7 Å². The smallest absolute Gasteiger partial charge is 0.178 e. The Morgan fingerprint density at radius 1 is 1.23 bits per heavy atom. The van der Waals surface area contributed by atoms with Gasteiger partial charge in [0, 0.05) is 0 Å². The molecule has 64 valence electrons. The summed E-state index contributed by atoms with van der Waals surface area (Å²) >= 11 is 5.70. The fraction of sp³-hybridized carbons (Fsp3) is 0.250. The second-order valence-corrected chi connectivity index (χ2v) is 2.59. The average molecular weight is 193 g/mol. The van der Waals surface area contributed by atoms with Gasteiger partial charge in [0.15, 0.2) is 16.5 Å². The lowest BCUT2D eigenvalue weighted by Crippen LogP contribution is -2.00. The molecule has 0 amide bonds. The van der Waals surface area contributed by atoms with Crippen molar-refractivity contribution < 1.29 is 0 Å². The van der Waals surface area contributed by atoms with Crippen molar-refractivity contribution in [2.24, 2.45) is 0 Å². The first-order chi connectivity index (χ1) is 6.22. The third-order valence-corrected chi connectivity index (χ3v) is 1.77. The van der Waals surface area contributed by atoms with E-state index in [2.05, 4.69) is 9.97 Å². The summed E-state index contributed by atoms with van der Waals surface area (Å²) in [6.07, 6.45) is 0.590. The maximum atomic E-state index is 8.61. The summed E-state index contributed by atoms with van der Waals surface area (Å²) in [5, 5.41) is 17.4. The molecule has 0 aliphatic rings. The number of hydrogen-bond acceptors (Lipinski definition) is 4. The summed E-state index contributed by atoms with van der Waals surface area (Å²) in [6, 6.07) is 3.55. The van der Waals surface area contributed by atoms with Crippen molar-refractivity contribution in [3.05, 3.63) is 22.2 Å². The first kappa shape index (κ1) is 9.44. The van der Waals surface area contributed by atoms with Crippen molar-refractivity contribution in [1.82, 2.24) is 9.97 Å². The van der Waals surface area contributed by atoms with Crippen LogP contribution in [0.1, 0.15) is 24.0 Å². The van der Waals surface area contributed by atoms with Gasteiger partial charge in [-0.15, -0.1) is 0 Å². The predicted octanol–water partition coefficient (Wildman–Crippen LogP) is 1.44. The minimum absolute atomic E-state index is 0.0234. The molecule has 0 aliphatic heterocycles. The van der Waals surface area contributed by atoms with Crippen LogP contribution in [-0.2, 0) is 6.42 Å². The van der Waals surface area contributed by atoms with E-state index >= 15 is 0 Å². The molecule has 0 saturated heterocycles. The van der Waals surface area contributed by atoms with Crippen LogP contribution in [0.5, 0.6) is 0 Å². The SMILES string of the molecule is CCc1nc(C#N)c(C#N)nc1Cl. The molecule has 0 N–H and O–H groups in total. The highest BCUT2D eigenvalue weighted by atomic mass is 35.5. The molecule has 1 heterocycles. The summed E-state index contributed by atoms with van der Waals surface area (Å²) in [4.78, 5) is 7.65. The van der Waals surface area contributed by atoms with Gasteiger partial charge in [0.05, 0.1) is 5.69 Å². The normalized spacial score (nSPS) is 8.92. The van der Waals surface area contributed by atoms with Crippen molar-refractivity contribution in [1.29, 1.82) is 10.5 Å². The van der Waals surface area contributed by atoms with Crippen molar-refractivity contribution in [3.8, 4) is 12.1 Å². The number of aryl methyl sites for hydroxylation is 1. The zero-order chi connectivity index (χ0) is 9.84. The number of rotatable bonds is 1. The molecule has 0 radical (unpaired) electrons. The molecule has 0 saturated carbocycles. The molecule has 1 aromatic rings. The zero-order valence-corrected chi connectivity index (χ0v) is 7.63. The average Bonchev–Trinajstić information content (AvgIpc) is 2.17. The van der Waals surface area contributed by atoms with Crippen LogP contribution in [0.2, 0.25) is 5.15 Å². The Morgan fingerprint density at radius 3 is 2.23 bits per heavy atom. The van der Waals surface area contributed by atoms with Gasteiger partial charge in [-0.2, -0.15) is 10.5 Å². The number of aromatic nitrogens is 2. The van der Waals surface area contributed by atoms with Gasteiger partial charge in [-0.1, -0.05) is 18.5 Å². The third-order valence-electron chi connectivity index (χ3n) is 1.47. The second kappa shape index (κ2) is 3.84. The largest absolute Gasteiger partial charge is 0.236 e. The van der Waals surface area contributed by atoms with Crippen LogP contribution in [0.3, 0.4) is 0 Å². The maximum Gasteiger partial charge on any atom is 0.178 e. The van der Waals surface area contributed by atoms with Crippen molar-refractivity contribution >= 4 is 11.6 Å². The zero-order valence-electron chi connectivity index (χ0n) is 6.87. The molecule has 1 rings (SSSR count). The van der Waals surface area contributed by atoms with Gasteiger partial charge in [0.2, 0.25) is 0 Å². The summed E-state index contributed by atoms with van der Waals surface area (Å²) in [6.45, 7) is 1.85. The van der Waals surface area contributed by atoms with Gasteiger partial charge < -0.3 is 0 Å². The van der Waals surface area contributed by atoms with Crippen LogP contribution in [0.25, 0.3) is 0 Å². The Bertz CT molecular complexity index is 413. The highest BCUT2D eigenvalue weighted by molar-refractivity contribution is 6.30. The lowest BCUT2D eigenvalue weighted by molar-refractivity contribution is 0.977. The minimum atomic E-state index is -0.0234. The summed E-state index contributed by atoms with van der Waals surface area (Å²) in [5.74, 6) is 0. The monoisotopic (exact) mass is 192 g/mol. The van der Waals surface area contributed by atoms with E-state index in [1.54, 1.807) is 12.1 Å². The molecule has 0 atom stereocenters. The van der Waals surface area contributed by atoms with Gasteiger partial charge in [-0.3, -0.25) is 0 Å². The quantitative estimate of drug-likeness (QED) is 0.675. The molecule has 4 nitrogen and oxygen atoms in total. The molecule has 0 spiro atoms. The Kier molecular flexibility index (Phi) is 2.79. The Hall–Kier alpha value is -1.65. The third kappa shape index (κ3) is 1.74. The van der Waals surface area contributed by atoms with Crippen molar-refractivity contribution in [2.45, 2.75) is 13.3 Å². The van der Waals surface area contributed by atoms with Gasteiger partial charge in [0.1, 0.15) is 12.1 Å². The van der Waals surface area contributed by atoms with E-state index in [1.165, 1.54) is 0 Å². The Labute approximate surface area is 80.4 Å². The summed E-state index contributed by atoms with van der Waals surface area (Å²) in [7, 11) is 0. The number of halogens is 1. The number of nitrogens with zero attached hydrogens (tertiary/aromatic N) is 4. The van der Waals surface area contributed by atoms with Gasteiger partial charge in [0.25, 0.3) is 0 Å². The molecule has 0 aromatic carbocycles. The molecule has 1 aromatic heterocycles. The van der Waals surface area contributed by atoms with Crippen LogP contribution in [0.4, 0.5) is 0 Å². The lowest BCUT2D eigenvalue weighted by Gasteiger charge is -1.99. The first-order valence-electron chi connectivity index (χ1n) is 3.59. The predicted molar refractivity (Wildman–Crippen MR) is 45.9 cm³/mol. The second-order valence-electron chi connectivity index (χ2n) is 2.24. The van der Waals surface area contributed by atoms with E-state index in [1.807, 2.05) is 6.92 Å². The summed E-state index contributed by atoms with van der Waals surface area (Å²) in [5.41, 5.74) is 0.547. The highest BCUT2D eigenvalue weighted by Crippen LogP contribution is 2.13. The standard InChI is InChI=1S/C8H5ClN4/c1-2-5-8(9)13-7(4-11)6(3-10)12-5/h2H2,1H3. The molecular formula is C8H5ClN4. The van der Waals surface area contributed by atoms with Crippen LogP contribution in [0.15, 0.2) is 0 Å². The minimum Gasteiger partial charge on any atom is -0.236 e. The molecule has 0 unspecified atom stereocenters. The first-order valence-corrected chi connectivity index (χ1v) is 3.97. The molecule has 5 heteroatoms. The lowest BCUT2D eigenvalue weighted by atomic mass is 10.3. The Morgan fingerprint density at radius 2 is 1.77 bits per heavy atom. The molecular weight excluding hydrogens is 188 g/mol. The highest BCUT2D eigenvalue weighted by Gasteiger charge is 2.09. The van der Waals surface area contributed by atoms with Crippen molar-refractivity contribution in [2.75, 3.05) is 0 Å². The number of nitriles is 2. The van der Waals surface area contributed by atoms with Crippen molar-refractivity contribution in [3.63, 3.8) is 0 Å². The topological polar surface area (TPSA) is 73.4 Å². The molecule has 0 aliphatic carbocycles. The van der Waals surface area contributed by atoms with E-state index in [4.69, 9.17) is 22.1 Å². The van der Waals surface area contributed by atoms with Crippen LogP contribution >= 0.6 is 11.6 Å². The fourth-order valence-corrected chi connectivity index (χ4v) is 1.09. The van der Waals surface area contributed by atoms with Crippen LogP contribution in [-0.4, -0.2) is 9.97 Å². The van der Waals surface area contributed by atoms with E-state index in [0.717, 1.165) is 0 Å². The summed E-state index contributed by atoms with van der Waals surface area (Å²) < 4.78 is 0. The van der Waals surface area contributed by atoms with Gasteiger partial charge in [-0.25, -0.2) is 9.97 Å². The van der Waals surface area contributed by atoms with Gasteiger partial charge >= 0.3 is 0 Å². The molecule has 0 bridgehead atoms.